The van der Waals surface area contributed by atoms with Crippen molar-refractivity contribution in [2.75, 3.05) is 33.8 Å². The van der Waals surface area contributed by atoms with Crippen LogP contribution in [0.1, 0.15) is 47.8 Å². The summed E-state index contributed by atoms with van der Waals surface area (Å²) in [5.74, 6) is 0.00929. The van der Waals surface area contributed by atoms with Gasteiger partial charge in [0.15, 0.2) is 0 Å². The molecule has 2 N–H and O–H groups in total. The molecule has 0 fully saturated rings. The Morgan fingerprint density at radius 1 is 1.00 bits per heavy atom. The van der Waals surface area contributed by atoms with Crippen LogP contribution in [0.2, 0.25) is 0 Å². The monoisotopic (exact) mass is 538 g/mol. The molecule has 0 bridgehead atoms. The molecule has 0 saturated carbocycles. The quantitative estimate of drug-likeness (QED) is 0.303. The van der Waals surface area contributed by atoms with Gasteiger partial charge >= 0.3 is 5.97 Å². The van der Waals surface area contributed by atoms with E-state index in [1.807, 2.05) is 24.3 Å². The first-order valence-electron chi connectivity index (χ1n) is 14.3. The van der Waals surface area contributed by atoms with Crippen LogP contribution in [-0.2, 0) is 13.0 Å². The number of aryl methyl sites for hydroxylation is 2. The lowest BCUT2D eigenvalue weighted by Gasteiger charge is -2.24. The summed E-state index contributed by atoms with van der Waals surface area (Å²) in [5.41, 5.74) is 9.59. The predicted octanol–water partition coefficient (Wildman–Crippen LogP) is 5.78. The first kappa shape index (κ1) is 26.4. The Bertz CT molecular complexity index is 1600. The van der Waals surface area contributed by atoms with Gasteiger partial charge in [0.2, 0.25) is 0 Å². The number of hydrazine groups is 1. The van der Waals surface area contributed by atoms with Crippen molar-refractivity contribution in [3.63, 3.8) is 0 Å². The smallest absolute Gasteiger partial charge is 0.352 e. The van der Waals surface area contributed by atoms with Gasteiger partial charge in [0.25, 0.3) is 0 Å². The third-order valence-electron chi connectivity index (χ3n) is 8.51. The highest BCUT2D eigenvalue weighted by atomic mass is 16.5. The van der Waals surface area contributed by atoms with Crippen LogP contribution in [0.25, 0.3) is 27.2 Å². The Labute approximate surface area is 235 Å². The summed E-state index contributed by atoms with van der Waals surface area (Å²) < 4.78 is 8.31. The molecule has 0 radical (unpaired) electrons. The van der Waals surface area contributed by atoms with E-state index in [1.165, 1.54) is 11.3 Å². The minimum absolute atomic E-state index is 0.146. The lowest BCUT2D eigenvalue weighted by Crippen LogP contribution is -2.41. The maximum atomic E-state index is 12.8. The average Bonchev–Trinajstić information content (AvgIpc) is 3.40. The molecule has 208 valence electrons. The fourth-order valence-corrected chi connectivity index (χ4v) is 6.57. The number of rotatable bonds is 6. The molecule has 1 aromatic heterocycles. The van der Waals surface area contributed by atoms with Crippen LogP contribution in [0.5, 0.6) is 5.75 Å². The lowest BCUT2D eigenvalue weighted by molar-refractivity contribution is 0.0684. The number of hydrogen-bond acceptors (Lipinski definition) is 5. The maximum absolute atomic E-state index is 12.8. The van der Waals surface area contributed by atoms with Gasteiger partial charge in [-0.05, 0) is 63.2 Å². The van der Waals surface area contributed by atoms with Gasteiger partial charge in [0.1, 0.15) is 11.4 Å². The van der Waals surface area contributed by atoms with Crippen LogP contribution < -0.4 is 10.2 Å². The van der Waals surface area contributed by atoms with Gasteiger partial charge in [0.05, 0.1) is 18.2 Å². The zero-order valence-corrected chi connectivity index (χ0v) is 23.6. The zero-order valence-electron chi connectivity index (χ0n) is 23.6. The Balaban J connectivity index is 1.38. The third-order valence-corrected chi connectivity index (χ3v) is 8.51. The summed E-state index contributed by atoms with van der Waals surface area (Å²) in [4.78, 5) is 15.2. The molecule has 6 rings (SSSR count). The van der Waals surface area contributed by atoms with E-state index < -0.39 is 5.97 Å². The van der Waals surface area contributed by atoms with Crippen molar-refractivity contribution in [3.8, 4) is 5.75 Å². The second kappa shape index (κ2) is 11.0. The van der Waals surface area contributed by atoms with E-state index in [1.54, 1.807) is 0 Å². The Hall–Kier alpha value is -3.81. The molecule has 2 aliphatic heterocycles. The van der Waals surface area contributed by atoms with Crippen molar-refractivity contribution in [2.24, 2.45) is 0 Å². The molecule has 40 heavy (non-hydrogen) atoms. The SMILES string of the molecule is CC1=C2c3cccc4c(CCCOc5cccc6ccccc56)c(C(=O)O)n(c34)CCCCN(C)CC2NN1C. The fraction of sp³-hybridized carbons (Fsp3) is 0.364. The van der Waals surface area contributed by atoms with E-state index in [2.05, 4.69) is 77.3 Å². The Morgan fingerprint density at radius 3 is 2.60 bits per heavy atom. The molecule has 3 heterocycles. The number of allylic oxidation sites excluding steroid dienone is 1. The van der Waals surface area contributed by atoms with Gasteiger partial charge in [-0.1, -0.05) is 54.6 Å². The van der Waals surface area contributed by atoms with Crippen molar-refractivity contribution >= 4 is 33.2 Å². The van der Waals surface area contributed by atoms with E-state index in [0.29, 0.717) is 25.3 Å². The number of nitrogens with one attached hydrogen (secondary N) is 1. The second-order valence-corrected chi connectivity index (χ2v) is 11.1. The predicted molar refractivity (Wildman–Crippen MR) is 161 cm³/mol. The summed E-state index contributed by atoms with van der Waals surface area (Å²) in [7, 11) is 4.23. The molecular formula is C33H38N4O3. The van der Waals surface area contributed by atoms with Crippen LogP contribution in [0, 0.1) is 0 Å². The van der Waals surface area contributed by atoms with Crippen molar-refractivity contribution in [3.05, 3.63) is 83.2 Å². The van der Waals surface area contributed by atoms with Crippen LogP contribution in [-0.4, -0.2) is 65.4 Å². The molecule has 0 saturated heterocycles. The van der Waals surface area contributed by atoms with E-state index >= 15 is 0 Å². The van der Waals surface area contributed by atoms with Gasteiger partial charge in [0, 0.05) is 47.7 Å². The number of para-hydroxylation sites is 1. The topological polar surface area (TPSA) is 70.0 Å². The number of aromatic nitrogens is 1. The third kappa shape index (κ3) is 4.73. The van der Waals surface area contributed by atoms with E-state index in [9.17, 15) is 9.90 Å². The molecule has 0 amide bonds. The molecule has 2 aliphatic rings. The molecule has 7 nitrogen and oxygen atoms in total. The molecule has 1 unspecified atom stereocenters. The second-order valence-electron chi connectivity index (χ2n) is 11.1. The number of nitrogens with zero attached hydrogens (tertiary/aromatic N) is 3. The van der Waals surface area contributed by atoms with Gasteiger partial charge < -0.3 is 24.3 Å². The normalized spacial score (nSPS) is 18.3. The van der Waals surface area contributed by atoms with Crippen molar-refractivity contribution in [1.82, 2.24) is 19.9 Å². The maximum Gasteiger partial charge on any atom is 0.352 e. The molecule has 7 heteroatoms. The van der Waals surface area contributed by atoms with Crippen LogP contribution >= 0.6 is 0 Å². The van der Waals surface area contributed by atoms with Crippen molar-refractivity contribution in [2.45, 2.75) is 45.2 Å². The lowest BCUT2D eigenvalue weighted by atomic mass is 9.94. The van der Waals surface area contributed by atoms with Crippen molar-refractivity contribution in [1.29, 1.82) is 0 Å². The van der Waals surface area contributed by atoms with E-state index in [0.717, 1.165) is 70.9 Å². The van der Waals surface area contributed by atoms with Crippen LogP contribution in [0.4, 0.5) is 0 Å². The van der Waals surface area contributed by atoms with Crippen LogP contribution in [0.15, 0.2) is 66.4 Å². The first-order chi connectivity index (χ1) is 19.4. The standard InChI is InChI=1S/C33H38N4O3/c1-22-30-27-15-9-14-25-26(16-10-20-40-29-17-8-12-23-11-4-5-13-24(23)29)32(33(38)39)37(31(25)27)19-7-6-18-35(2)21-28(30)34-36(22)3/h4-5,8-9,11-15,17,28,34H,6-7,10,16,18-21H2,1-3H3,(H,38,39). The highest BCUT2D eigenvalue weighted by molar-refractivity contribution is 6.03. The number of hydrogen-bond donors (Lipinski definition) is 2. The minimum atomic E-state index is -0.858. The Kier molecular flexibility index (Phi) is 7.26. The number of benzene rings is 3. The largest absolute Gasteiger partial charge is 0.493 e. The number of likely N-dealkylation sites (N-methyl/N-ethyl adjacent to an activating group) is 1. The summed E-state index contributed by atoms with van der Waals surface area (Å²) >= 11 is 0. The Morgan fingerprint density at radius 2 is 1.75 bits per heavy atom. The number of carboxylic acid groups (broad SMARTS) is 1. The fourth-order valence-electron chi connectivity index (χ4n) is 6.57. The van der Waals surface area contributed by atoms with Crippen molar-refractivity contribution < 1.29 is 14.6 Å². The molecule has 1 atom stereocenters. The zero-order chi connectivity index (χ0) is 27.8. The summed E-state index contributed by atoms with van der Waals surface area (Å²) in [5, 5.41) is 15.9. The minimum Gasteiger partial charge on any atom is -0.493 e. The highest BCUT2D eigenvalue weighted by Gasteiger charge is 2.32. The highest BCUT2D eigenvalue weighted by Crippen LogP contribution is 2.38. The molecule has 0 aliphatic carbocycles. The number of carboxylic acids is 1. The van der Waals surface area contributed by atoms with E-state index in [-0.39, 0.29) is 6.04 Å². The number of fused-ring (bicyclic) bond motifs is 3. The molecule has 4 aromatic rings. The molecule has 0 spiro atoms. The van der Waals surface area contributed by atoms with Gasteiger partial charge in [-0.2, -0.15) is 0 Å². The number of carbonyl (C=O) groups is 1. The first-order valence-corrected chi connectivity index (χ1v) is 14.3. The van der Waals surface area contributed by atoms with Gasteiger partial charge in [-0.15, -0.1) is 0 Å². The summed E-state index contributed by atoms with van der Waals surface area (Å²) in [6.45, 7) is 5.24. The average molecular weight is 539 g/mol. The number of aromatic carboxylic acids is 1. The summed E-state index contributed by atoms with van der Waals surface area (Å²) in [6.07, 6.45) is 3.32. The number of ether oxygens (including phenoxy) is 1. The van der Waals surface area contributed by atoms with Crippen LogP contribution in [0.3, 0.4) is 0 Å². The van der Waals surface area contributed by atoms with Gasteiger partial charge in [-0.25, -0.2) is 10.2 Å². The molecule has 3 aromatic carbocycles. The van der Waals surface area contributed by atoms with E-state index in [4.69, 9.17) is 4.74 Å². The molecular weight excluding hydrogens is 500 g/mol. The van der Waals surface area contributed by atoms with Gasteiger partial charge in [-0.3, -0.25) is 0 Å². The summed E-state index contributed by atoms with van der Waals surface area (Å²) in [6, 6.07) is 20.8.